The van der Waals surface area contributed by atoms with Crippen molar-refractivity contribution in [1.29, 1.82) is 0 Å². The van der Waals surface area contributed by atoms with Crippen molar-refractivity contribution in [2.75, 3.05) is 17.6 Å². The molecule has 1 aromatic rings. The number of carboxylic acids is 1. The number of carboxylic acid groups (broad SMARTS) is 1. The van der Waals surface area contributed by atoms with Gasteiger partial charge in [-0.05, 0) is 30.4 Å². The molecule has 0 amide bonds. The van der Waals surface area contributed by atoms with E-state index in [9.17, 15) is 9.18 Å². The van der Waals surface area contributed by atoms with Crippen molar-refractivity contribution < 1.29 is 14.3 Å². The van der Waals surface area contributed by atoms with Gasteiger partial charge in [0, 0.05) is 6.54 Å². The lowest BCUT2D eigenvalue weighted by Crippen LogP contribution is -2.29. The van der Waals surface area contributed by atoms with Crippen LogP contribution in [0, 0.1) is 11.2 Å². The van der Waals surface area contributed by atoms with Crippen molar-refractivity contribution in [3.63, 3.8) is 0 Å². The number of hydrogen-bond acceptors (Lipinski definition) is 3. The number of nitrogen functional groups attached to an aromatic ring is 1. The SMILES string of the molecule is CC1(CNc2cc(F)c(C(=O)O)cc2N)CCCCC1. The number of halogens is 1. The molecule has 1 saturated carbocycles. The van der Waals surface area contributed by atoms with Crippen LogP contribution in [0.25, 0.3) is 0 Å². The van der Waals surface area contributed by atoms with Gasteiger partial charge in [-0.1, -0.05) is 26.2 Å². The number of anilines is 2. The number of hydrogen-bond donors (Lipinski definition) is 3. The molecule has 0 spiro atoms. The molecule has 0 aromatic heterocycles. The van der Waals surface area contributed by atoms with E-state index >= 15 is 0 Å². The van der Waals surface area contributed by atoms with Crippen LogP contribution in [0.4, 0.5) is 15.8 Å². The molecule has 0 radical (unpaired) electrons. The van der Waals surface area contributed by atoms with E-state index in [4.69, 9.17) is 10.8 Å². The van der Waals surface area contributed by atoms with Crippen LogP contribution < -0.4 is 11.1 Å². The Morgan fingerprint density at radius 3 is 2.65 bits per heavy atom. The fourth-order valence-corrected chi connectivity index (χ4v) is 2.80. The van der Waals surface area contributed by atoms with Gasteiger partial charge in [-0.2, -0.15) is 0 Å². The highest BCUT2D eigenvalue weighted by Crippen LogP contribution is 2.36. The molecule has 5 heteroatoms. The molecule has 110 valence electrons. The standard InChI is InChI=1S/C15H21FN2O2/c1-15(5-3-2-4-6-15)9-18-13-8-11(16)10(14(19)20)7-12(13)17/h7-8,18H,2-6,9,17H2,1H3,(H,19,20). The van der Waals surface area contributed by atoms with Gasteiger partial charge in [-0.3, -0.25) is 0 Å². The maximum Gasteiger partial charge on any atom is 0.338 e. The molecule has 1 fully saturated rings. The van der Waals surface area contributed by atoms with Gasteiger partial charge in [0.1, 0.15) is 5.82 Å². The minimum Gasteiger partial charge on any atom is -0.478 e. The topological polar surface area (TPSA) is 75.3 Å². The van der Waals surface area contributed by atoms with Crippen LogP contribution in [-0.2, 0) is 0 Å². The third kappa shape index (κ3) is 3.21. The Hall–Kier alpha value is -1.78. The zero-order valence-electron chi connectivity index (χ0n) is 11.7. The van der Waals surface area contributed by atoms with Gasteiger partial charge in [-0.25, -0.2) is 9.18 Å². The summed E-state index contributed by atoms with van der Waals surface area (Å²) >= 11 is 0. The van der Waals surface area contributed by atoms with Crippen LogP contribution in [0.15, 0.2) is 12.1 Å². The lowest BCUT2D eigenvalue weighted by molar-refractivity contribution is 0.0692. The number of nitrogens with two attached hydrogens (primary N) is 1. The number of benzene rings is 1. The molecule has 0 saturated heterocycles. The molecule has 4 nitrogen and oxygen atoms in total. The maximum absolute atomic E-state index is 13.7. The number of rotatable bonds is 4. The van der Waals surface area contributed by atoms with Crippen LogP contribution in [-0.4, -0.2) is 17.6 Å². The van der Waals surface area contributed by atoms with E-state index < -0.39 is 17.3 Å². The van der Waals surface area contributed by atoms with Crippen molar-refractivity contribution in [3.05, 3.63) is 23.5 Å². The van der Waals surface area contributed by atoms with Crippen molar-refractivity contribution >= 4 is 17.3 Å². The van der Waals surface area contributed by atoms with Crippen molar-refractivity contribution in [2.45, 2.75) is 39.0 Å². The lowest BCUT2D eigenvalue weighted by atomic mass is 9.75. The summed E-state index contributed by atoms with van der Waals surface area (Å²) in [6.45, 7) is 2.94. The summed E-state index contributed by atoms with van der Waals surface area (Å²) in [5, 5.41) is 12.0. The third-order valence-corrected chi connectivity index (χ3v) is 4.14. The number of nitrogens with one attached hydrogen (secondary N) is 1. The van der Waals surface area contributed by atoms with E-state index in [0.29, 0.717) is 5.69 Å². The summed E-state index contributed by atoms with van der Waals surface area (Å²) in [6, 6.07) is 2.34. The molecule has 2 rings (SSSR count). The fraction of sp³-hybridized carbons (Fsp3) is 0.533. The fourth-order valence-electron chi connectivity index (χ4n) is 2.80. The molecular weight excluding hydrogens is 259 g/mol. The molecule has 20 heavy (non-hydrogen) atoms. The van der Waals surface area contributed by atoms with Gasteiger partial charge in [0.25, 0.3) is 0 Å². The number of aromatic carboxylic acids is 1. The van der Waals surface area contributed by atoms with E-state index in [0.717, 1.165) is 19.4 Å². The molecule has 0 unspecified atom stereocenters. The molecule has 0 aliphatic heterocycles. The Morgan fingerprint density at radius 1 is 1.40 bits per heavy atom. The first kappa shape index (κ1) is 14.6. The van der Waals surface area contributed by atoms with Crippen LogP contribution in [0.2, 0.25) is 0 Å². The van der Waals surface area contributed by atoms with E-state index in [-0.39, 0.29) is 11.1 Å². The first-order valence-electron chi connectivity index (χ1n) is 6.97. The number of carbonyl (C=O) groups is 1. The predicted octanol–water partition coefficient (Wildman–Crippen LogP) is 3.49. The normalized spacial score (nSPS) is 17.7. The van der Waals surface area contributed by atoms with Gasteiger partial charge in [-0.15, -0.1) is 0 Å². The second-order valence-electron chi connectivity index (χ2n) is 5.95. The minimum absolute atomic E-state index is 0.201. The monoisotopic (exact) mass is 280 g/mol. The minimum atomic E-state index is -1.31. The largest absolute Gasteiger partial charge is 0.478 e. The lowest BCUT2D eigenvalue weighted by Gasteiger charge is -2.34. The average Bonchev–Trinajstić information content (AvgIpc) is 2.40. The first-order chi connectivity index (χ1) is 9.41. The van der Waals surface area contributed by atoms with Crippen molar-refractivity contribution in [3.8, 4) is 0 Å². The van der Waals surface area contributed by atoms with Crippen LogP contribution in [0.1, 0.15) is 49.4 Å². The van der Waals surface area contributed by atoms with Gasteiger partial charge >= 0.3 is 5.97 Å². The first-order valence-corrected chi connectivity index (χ1v) is 6.97. The van der Waals surface area contributed by atoms with E-state index in [2.05, 4.69) is 12.2 Å². The highest BCUT2D eigenvalue weighted by Gasteiger charge is 2.26. The summed E-state index contributed by atoms with van der Waals surface area (Å²) in [5.74, 6) is -2.07. The van der Waals surface area contributed by atoms with Gasteiger partial charge < -0.3 is 16.2 Å². The highest BCUT2D eigenvalue weighted by molar-refractivity contribution is 5.90. The van der Waals surface area contributed by atoms with Gasteiger partial charge in [0.2, 0.25) is 0 Å². The Balaban J connectivity index is 2.10. The summed E-state index contributed by atoms with van der Waals surface area (Å²) in [6.07, 6.45) is 6.02. The summed E-state index contributed by atoms with van der Waals surface area (Å²) in [5.41, 5.74) is 6.34. The average molecular weight is 280 g/mol. The predicted molar refractivity (Wildman–Crippen MR) is 77.5 cm³/mol. The Labute approximate surface area is 118 Å². The summed E-state index contributed by atoms with van der Waals surface area (Å²) in [7, 11) is 0. The van der Waals surface area contributed by atoms with Gasteiger partial charge in [0.05, 0.1) is 16.9 Å². The zero-order chi connectivity index (χ0) is 14.8. The van der Waals surface area contributed by atoms with E-state index in [1.807, 2.05) is 0 Å². The van der Waals surface area contributed by atoms with Gasteiger partial charge in [0.15, 0.2) is 0 Å². The molecule has 0 heterocycles. The third-order valence-electron chi connectivity index (χ3n) is 4.14. The Morgan fingerprint density at radius 2 is 2.05 bits per heavy atom. The molecule has 0 atom stereocenters. The Kier molecular flexibility index (Phi) is 4.16. The molecule has 1 aliphatic rings. The molecule has 0 bridgehead atoms. The second kappa shape index (κ2) is 5.69. The Bertz CT molecular complexity index is 511. The zero-order valence-corrected chi connectivity index (χ0v) is 11.7. The van der Waals surface area contributed by atoms with Crippen LogP contribution in [0.3, 0.4) is 0 Å². The van der Waals surface area contributed by atoms with Crippen LogP contribution >= 0.6 is 0 Å². The maximum atomic E-state index is 13.7. The quantitative estimate of drug-likeness (QED) is 0.738. The van der Waals surface area contributed by atoms with E-state index in [1.54, 1.807) is 0 Å². The van der Waals surface area contributed by atoms with Crippen molar-refractivity contribution in [2.24, 2.45) is 5.41 Å². The van der Waals surface area contributed by atoms with Crippen molar-refractivity contribution in [1.82, 2.24) is 0 Å². The molecule has 4 N–H and O–H groups in total. The molecular formula is C15H21FN2O2. The smallest absolute Gasteiger partial charge is 0.338 e. The van der Waals surface area contributed by atoms with E-state index in [1.165, 1.54) is 31.4 Å². The van der Waals surface area contributed by atoms with Crippen LogP contribution in [0.5, 0.6) is 0 Å². The second-order valence-corrected chi connectivity index (χ2v) is 5.95. The highest BCUT2D eigenvalue weighted by atomic mass is 19.1. The molecule has 1 aliphatic carbocycles. The summed E-state index contributed by atoms with van der Waals surface area (Å²) < 4.78 is 13.7. The molecule has 1 aromatic carbocycles. The summed E-state index contributed by atoms with van der Waals surface area (Å²) in [4.78, 5) is 10.8.